The number of amides is 1. The van der Waals surface area contributed by atoms with E-state index in [4.69, 9.17) is 5.73 Å². The van der Waals surface area contributed by atoms with E-state index in [1.165, 1.54) is 10.9 Å². The van der Waals surface area contributed by atoms with Gasteiger partial charge in [-0.15, -0.1) is 5.10 Å². The maximum Gasteiger partial charge on any atom is 0.293 e. The summed E-state index contributed by atoms with van der Waals surface area (Å²) >= 11 is 3.36. The second-order valence-corrected chi connectivity index (χ2v) is 6.67. The third kappa shape index (κ3) is 4.35. The van der Waals surface area contributed by atoms with Crippen molar-refractivity contribution >= 4 is 33.9 Å². The molecule has 0 saturated heterocycles. The number of nitrogens with two attached hydrogens (primary N) is 1. The molecule has 0 aliphatic heterocycles. The number of nitrogens with zero attached hydrogens (tertiary/aromatic N) is 7. The fourth-order valence-electron chi connectivity index (χ4n) is 2.19. The molecule has 0 unspecified atom stereocenters. The average molecular weight is 434 g/mol. The molecule has 0 spiro atoms. The Bertz CT molecular complexity index is 962. The van der Waals surface area contributed by atoms with Crippen molar-refractivity contribution in [1.82, 2.24) is 35.6 Å². The van der Waals surface area contributed by atoms with Crippen LogP contribution in [0.2, 0.25) is 0 Å². The van der Waals surface area contributed by atoms with Gasteiger partial charge in [0, 0.05) is 11.0 Å². The van der Waals surface area contributed by atoms with E-state index < -0.39 is 5.91 Å². The molecule has 2 heterocycles. The van der Waals surface area contributed by atoms with Crippen molar-refractivity contribution in [3.05, 3.63) is 45.7 Å². The number of nitrogen functional groups attached to an aromatic ring is 1. The van der Waals surface area contributed by atoms with Crippen LogP contribution in [-0.4, -0.2) is 56.4 Å². The topological polar surface area (TPSA) is 140 Å². The van der Waals surface area contributed by atoms with Gasteiger partial charge in [-0.25, -0.2) is 10.1 Å². The van der Waals surface area contributed by atoms with Gasteiger partial charge in [0.2, 0.25) is 11.6 Å². The van der Waals surface area contributed by atoms with Crippen LogP contribution >= 0.6 is 15.9 Å². The van der Waals surface area contributed by atoms with Gasteiger partial charge < -0.3 is 10.6 Å². The van der Waals surface area contributed by atoms with Gasteiger partial charge in [0.25, 0.3) is 5.91 Å². The predicted octanol–water partition coefficient (Wildman–Crippen LogP) is 0.820. The molecule has 2 aromatic heterocycles. The monoisotopic (exact) mass is 433 g/mol. The number of carbonyl (C=O) groups excluding carboxylic acids is 1. The predicted molar refractivity (Wildman–Crippen MR) is 100 cm³/mol. The lowest BCUT2D eigenvalue weighted by atomic mass is 10.2. The molecule has 0 saturated carbocycles. The van der Waals surface area contributed by atoms with Crippen molar-refractivity contribution in [2.45, 2.75) is 6.54 Å². The van der Waals surface area contributed by atoms with Crippen LogP contribution in [0.1, 0.15) is 21.7 Å². The summed E-state index contributed by atoms with van der Waals surface area (Å²) in [5, 5.41) is 19.1. The van der Waals surface area contributed by atoms with Crippen LogP contribution in [0.3, 0.4) is 0 Å². The van der Waals surface area contributed by atoms with Gasteiger partial charge in [0.15, 0.2) is 5.69 Å². The number of benzene rings is 1. The number of hydrazone groups is 1. The lowest BCUT2D eigenvalue weighted by molar-refractivity contribution is 0.0948. The minimum absolute atomic E-state index is 0.0418. The highest BCUT2D eigenvalue weighted by molar-refractivity contribution is 9.10. The molecule has 3 aromatic rings. The molecule has 0 bridgehead atoms. The molecular formula is C15H16BrN9O2. The smallest absolute Gasteiger partial charge is 0.293 e. The number of nitrogens with one attached hydrogen (secondary N) is 1. The Morgan fingerprint density at radius 3 is 2.74 bits per heavy atom. The molecule has 0 fully saturated rings. The van der Waals surface area contributed by atoms with Crippen LogP contribution in [0.4, 0.5) is 5.82 Å². The van der Waals surface area contributed by atoms with Gasteiger partial charge >= 0.3 is 0 Å². The molecule has 12 heteroatoms. The highest BCUT2D eigenvalue weighted by Crippen LogP contribution is 2.16. The van der Waals surface area contributed by atoms with Crippen molar-refractivity contribution in [3.63, 3.8) is 0 Å². The van der Waals surface area contributed by atoms with E-state index in [-0.39, 0.29) is 17.3 Å². The maximum absolute atomic E-state index is 12.5. The number of carbonyl (C=O) groups is 1. The first-order valence-electron chi connectivity index (χ1n) is 7.72. The minimum Gasteiger partial charge on any atom is -0.378 e. The first kappa shape index (κ1) is 18.7. The maximum atomic E-state index is 12.5. The van der Waals surface area contributed by atoms with E-state index >= 15 is 0 Å². The summed E-state index contributed by atoms with van der Waals surface area (Å²) < 4.78 is 6.87. The van der Waals surface area contributed by atoms with Crippen molar-refractivity contribution in [2.24, 2.45) is 5.10 Å². The quantitative estimate of drug-likeness (QED) is 0.429. The van der Waals surface area contributed by atoms with E-state index in [1.54, 1.807) is 0 Å². The van der Waals surface area contributed by atoms with E-state index in [0.717, 1.165) is 10.0 Å². The first-order valence-corrected chi connectivity index (χ1v) is 8.51. The van der Waals surface area contributed by atoms with Crippen molar-refractivity contribution in [1.29, 1.82) is 0 Å². The second kappa shape index (κ2) is 8.05. The molecule has 3 rings (SSSR count). The molecule has 1 amide bonds. The molecule has 0 aliphatic carbocycles. The number of rotatable bonds is 6. The Labute approximate surface area is 162 Å². The van der Waals surface area contributed by atoms with Crippen LogP contribution in [-0.2, 0) is 6.54 Å². The van der Waals surface area contributed by atoms with Crippen LogP contribution in [0.5, 0.6) is 0 Å². The summed E-state index contributed by atoms with van der Waals surface area (Å²) in [6.45, 7) is 0.360. The summed E-state index contributed by atoms with van der Waals surface area (Å²) in [5.41, 5.74) is 9.56. The van der Waals surface area contributed by atoms with Crippen LogP contribution in [0.25, 0.3) is 5.82 Å². The Balaban J connectivity index is 1.82. The summed E-state index contributed by atoms with van der Waals surface area (Å²) in [6.07, 6.45) is 1.53. The minimum atomic E-state index is -0.513. The Morgan fingerprint density at radius 2 is 2.11 bits per heavy atom. The fourth-order valence-corrected chi connectivity index (χ4v) is 2.46. The van der Waals surface area contributed by atoms with Crippen LogP contribution < -0.4 is 11.2 Å². The normalized spacial score (nSPS) is 11.4. The van der Waals surface area contributed by atoms with E-state index in [1.807, 2.05) is 43.3 Å². The standard InChI is InChI=1S/C15H16BrN9O2/c1-24(2)8-11-12(19-23-25(11)14-13(17)21-27-22-14)15(26)20-18-7-9-3-5-10(16)6-4-9/h3-7H,8H2,1-2H3,(H2,17,21)(H,20,26)/b18-7+. The zero-order valence-electron chi connectivity index (χ0n) is 14.5. The van der Waals surface area contributed by atoms with Crippen molar-refractivity contribution in [3.8, 4) is 5.82 Å². The summed E-state index contributed by atoms with van der Waals surface area (Å²) in [4.78, 5) is 14.3. The Hall–Kier alpha value is -3.12. The number of aromatic nitrogens is 5. The first-order chi connectivity index (χ1) is 13.0. The lowest BCUT2D eigenvalue weighted by Gasteiger charge is -2.11. The van der Waals surface area contributed by atoms with E-state index in [0.29, 0.717) is 12.2 Å². The molecule has 0 radical (unpaired) electrons. The highest BCUT2D eigenvalue weighted by atomic mass is 79.9. The molecule has 3 N–H and O–H groups in total. The third-order valence-electron chi connectivity index (χ3n) is 3.39. The Kier molecular flexibility index (Phi) is 5.57. The second-order valence-electron chi connectivity index (χ2n) is 5.76. The fraction of sp³-hybridized carbons (Fsp3) is 0.200. The summed E-state index contributed by atoms with van der Waals surface area (Å²) in [6, 6.07) is 7.46. The number of hydrogen-bond acceptors (Lipinski definition) is 9. The molecule has 0 atom stereocenters. The van der Waals surface area contributed by atoms with Gasteiger partial charge in [-0.3, -0.25) is 4.79 Å². The zero-order valence-corrected chi connectivity index (χ0v) is 16.1. The largest absolute Gasteiger partial charge is 0.378 e. The molecule has 11 nitrogen and oxygen atoms in total. The zero-order chi connectivity index (χ0) is 19.4. The Morgan fingerprint density at radius 1 is 1.37 bits per heavy atom. The number of hydrogen-bond donors (Lipinski definition) is 2. The van der Waals surface area contributed by atoms with Crippen LogP contribution in [0.15, 0.2) is 38.5 Å². The van der Waals surface area contributed by atoms with Crippen molar-refractivity contribution < 1.29 is 9.42 Å². The molecule has 140 valence electrons. The molecule has 0 aliphatic rings. The molecule has 27 heavy (non-hydrogen) atoms. The lowest BCUT2D eigenvalue weighted by Crippen LogP contribution is -2.23. The van der Waals surface area contributed by atoms with Crippen LogP contribution in [0, 0.1) is 0 Å². The number of halogens is 1. The van der Waals surface area contributed by atoms with Gasteiger partial charge in [0.05, 0.1) is 11.9 Å². The average Bonchev–Trinajstić information content (AvgIpc) is 3.22. The van der Waals surface area contributed by atoms with E-state index in [2.05, 4.69) is 51.7 Å². The van der Waals surface area contributed by atoms with Gasteiger partial charge in [0.1, 0.15) is 0 Å². The summed E-state index contributed by atoms with van der Waals surface area (Å²) in [5.74, 6) is -0.307. The molecular weight excluding hydrogens is 418 g/mol. The highest BCUT2D eigenvalue weighted by Gasteiger charge is 2.24. The van der Waals surface area contributed by atoms with Gasteiger partial charge in [-0.2, -0.15) is 9.78 Å². The SMILES string of the molecule is CN(C)Cc1c(C(=O)N/N=C/c2ccc(Br)cc2)nnn1-c1nonc1N. The summed E-state index contributed by atoms with van der Waals surface area (Å²) in [7, 11) is 3.68. The third-order valence-corrected chi connectivity index (χ3v) is 3.92. The molecule has 1 aromatic carbocycles. The van der Waals surface area contributed by atoms with Crippen molar-refractivity contribution in [2.75, 3.05) is 19.8 Å². The van der Waals surface area contributed by atoms with Gasteiger partial charge in [-0.05, 0) is 42.1 Å². The van der Waals surface area contributed by atoms with E-state index in [9.17, 15) is 4.79 Å². The number of anilines is 1. The van der Waals surface area contributed by atoms with Gasteiger partial charge in [-0.1, -0.05) is 33.3 Å².